The molecule has 0 fully saturated rings. The molecule has 102 valence electrons. The second-order valence-electron chi connectivity index (χ2n) is 7.12. The molecule has 0 saturated heterocycles. The van der Waals surface area contributed by atoms with E-state index < -0.39 is 0 Å². The van der Waals surface area contributed by atoms with Crippen LogP contribution in [0.1, 0.15) is 52.7 Å². The molecule has 0 amide bonds. The van der Waals surface area contributed by atoms with Crippen molar-refractivity contribution in [1.82, 2.24) is 0 Å². The second kappa shape index (κ2) is 5.28. The third-order valence-electron chi connectivity index (χ3n) is 3.92. The molecule has 0 aliphatic rings. The Morgan fingerprint density at radius 1 is 0.889 bits per heavy atom. The first-order chi connectivity index (χ1) is 8.02. The normalized spacial score (nSPS) is 14.7. The van der Waals surface area contributed by atoms with Gasteiger partial charge in [0.15, 0.2) is 0 Å². The Labute approximate surface area is 118 Å². The van der Waals surface area contributed by atoms with Crippen LogP contribution in [0.15, 0.2) is 23.1 Å². The lowest BCUT2D eigenvalue weighted by atomic mass is 9.75. The van der Waals surface area contributed by atoms with E-state index in [9.17, 15) is 0 Å². The molecule has 18 heavy (non-hydrogen) atoms. The number of rotatable bonds is 3. The van der Waals surface area contributed by atoms with Crippen LogP contribution in [0.25, 0.3) is 0 Å². The van der Waals surface area contributed by atoms with Crippen molar-refractivity contribution in [2.75, 3.05) is 0 Å². The van der Waals surface area contributed by atoms with Crippen molar-refractivity contribution in [2.24, 2.45) is 11.3 Å². The van der Waals surface area contributed by atoms with Crippen LogP contribution in [0, 0.1) is 25.2 Å². The Hall–Kier alpha value is -0.430. The third kappa shape index (κ3) is 4.05. The van der Waals surface area contributed by atoms with Crippen LogP contribution in [0.3, 0.4) is 0 Å². The highest BCUT2D eigenvalue weighted by atomic mass is 32.2. The van der Waals surface area contributed by atoms with Crippen molar-refractivity contribution < 1.29 is 0 Å². The van der Waals surface area contributed by atoms with E-state index in [0.717, 1.165) is 0 Å². The molecule has 0 aliphatic heterocycles. The van der Waals surface area contributed by atoms with Gasteiger partial charge in [0.1, 0.15) is 0 Å². The van der Waals surface area contributed by atoms with E-state index in [0.29, 0.717) is 11.3 Å². The average Bonchev–Trinajstić information content (AvgIpc) is 2.12. The molecule has 1 unspecified atom stereocenters. The number of aryl methyl sites for hydroxylation is 2. The van der Waals surface area contributed by atoms with Crippen molar-refractivity contribution in [3.8, 4) is 0 Å². The molecule has 0 nitrogen and oxygen atoms in total. The molecule has 0 saturated carbocycles. The maximum Gasteiger partial charge on any atom is 0.0181 e. The Morgan fingerprint density at radius 2 is 1.33 bits per heavy atom. The Balaban J connectivity index is 2.95. The highest BCUT2D eigenvalue weighted by Crippen LogP contribution is 2.45. The predicted octanol–water partition coefficient (Wildman–Crippen LogP) is 5.86. The molecular formula is C17H28S. The van der Waals surface area contributed by atoms with Gasteiger partial charge in [-0.05, 0) is 48.4 Å². The third-order valence-corrected chi connectivity index (χ3v) is 5.27. The molecule has 0 bridgehead atoms. The van der Waals surface area contributed by atoms with E-state index in [4.69, 9.17) is 0 Å². The van der Waals surface area contributed by atoms with Crippen LogP contribution >= 0.6 is 11.8 Å². The maximum atomic E-state index is 2.37. The fraction of sp³-hybridized carbons (Fsp3) is 0.647. The molecular weight excluding hydrogens is 236 g/mol. The number of hydrogen-bond acceptors (Lipinski definition) is 1. The fourth-order valence-electron chi connectivity index (χ4n) is 2.43. The minimum Gasteiger partial charge on any atom is -0.120 e. The molecule has 1 atom stereocenters. The van der Waals surface area contributed by atoms with Gasteiger partial charge in [0.05, 0.1) is 0 Å². The van der Waals surface area contributed by atoms with Gasteiger partial charge in [-0.3, -0.25) is 0 Å². The van der Waals surface area contributed by atoms with Gasteiger partial charge >= 0.3 is 0 Å². The lowest BCUT2D eigenvalue weighted by molar-refractivity contribution is 0.219. The highest BCUT2D eigenvalue weighted by Gasteiger charge is 2.35. The lowest BCUT2D eigenvalue weighted by Crippen LogP contribution is -2.35. The smallest absolute Gasteiger partial charge is 0.0181 e. The van der Waals surface area contributed by atoms with Gasteiger partial charge in [-0.2, -0.15) is 0 Å². The van der Waals surface area contributed by atoms with Crippen LogP contribution in [0.2, 0.25) is 0 Å². The Kier molecular flexibility index (Phi) is 4.59. The minimum absolute atomic E-state index is 0.248. The molecule has 1 heteroatoms. The van der Waals surface area contributed by atoms with Crippen molar-refractivity contribution >= 4 is 11.8 Å². The average molecular weight is 264 g/mol. The first kappa shape index (κ1) is 15.6. The molecule has 0 spiro atoms. The van der Waals surface area contributed by atoms with Crippen LogP contribution in [-0.4, -0.2) is 4.75 Å². The first-order valence-electron chi connectivity index (χ1n) is 6.79. The Morgan fingerprint density at radius 3 is 1.72 bits per heavy atom. The van der Waals surface area contributed by atoms with E-state index in [1.165, 1.54) is 16.0 Å². The van der Waals surface area contributed by atoms with Crippen LogP contribution in [0.5, 0.6) is 0 Å². The van der Waals surface area contributed by atoms with E-state index in [1.807, 2.05) is 11.8 Å². The molecule has 1 aromatic rings. The van der Waals surface area contributed by atoms with Crippen molar-refractivity contribution in [3.05, 3.63) is 29.3 Å². The zero-order valence-corrected chi connectivity index (χ0v) is 14.0. The summed E-state index contributed by atoms with van der Waals surface area (Å²) in [6, 6.07) is 6.84. The summed E-state index contributed by atoms with van der Waals surface area (Å²) in [6.45, 7) is 18.5. The van der Waals surface area contributed by atoms with Crippen LogP contribution in [-0.2, 0) is 0 Å². The summed E-state index contributed by atoms with van der Waals surface area (Å²) < 4.78 is 0.248. The standard InChI is InChI=1S/C17H28S/c1-12-9-13(2)11-15(10-12)18-17(7,8)14(3)16(4,5)6/h9-11,14H,1-8H3. The summed E-state index contributed by atoms with van der Waals surface area (Å²) in [7, 11) is 0. The summed E-state index contributed by atoms with van der Waals surface area (Å²) in [5, 5.41) is 0. The minimum atomic E-state index is 0.248. The SMILES string of the molecule is Cc1cc(C)cc(SC(C)(C)C(C)C(C)(C)C)c1. The van der Waals surface area contributed by atoms with Gasteiger partial charge in [-0.1, -0.05) is 47.6 Å². The molecule has 0 N–H and O–H groups in total. The van der Waals surface area contributed by atoms with Gasteiger partial charge in [-0.15, -0.1) is 11.8 Å². The van der Waals surface area contributed by atoms with Gasteiger partial charge in [0.2, 0.25) is 0 Å². The summed E-state index contributed by atoms with van der Waals surface area (Å²) >= 11 is 2.01. The van der Waals surface area contributed by atoms with Gasteiger partial charge < -0.3 is 0 Å². The second-order valence-corrected chi connectivity index (χ2v) is 8.84. The molecule has 0 aromatic heterocycles. The zero-order valence-electron chi connectivity index (χ0n) is 13.2. The van der Waals surface area contributed by atoms with E-state index in [-0.39, 0.29) is 4.75 Å². The van der Waals surface area contributed by atoms with E-state index in [1.54, 1.807) is 0 Å². The maximum absolute atomic E-state index is 2.37. The van der Waals surface area contributed by atoms with Crippen molar-refractivity contribution in [2.45, 2.75) is 65.0 Å². The zero-order chi connectivity index (χ0) is 14.1. The summed E-state index contributed by atoms with van der Waals surface area (Å²) in [5.74, 6) is 0.649. The van der Waals surface area contributed by atoms with Crippen molar-refractivity contribution in [3.63, 3.8) is 0 Å². The molecule has 1 aromatic carbocycles. The number of benzene rings is 1. The van der Waals surface area contributed by atoms with Crippen LogP contribution in [0.4, 0.5) is 0 Å². The van der Waals surface area contributed by atoms with E-state index >= 15 is 0 Å². The fourth-order valence-corrected chi connectivity index (χ4v) is 4.05. The molecule has 0 radical (unpaired) electrons. The summed E-state index contributed by atoms with van der Waals surface area (Å²) in [5.41, 5.74) is 3.06. The summed E-state index contributed by atoms with van der Waals surface area (Å²) in [4.78, 5) is 1.40. The van der Waals surface area contributed by atoms with Gasteiger partial charge in [0.25, 0.3) is 0 Å². The quantitative estimate of drug-likeness (QED) is 0.616. The number of thioether (sulfide) groups is 1. The molecule has 0 heterocycles. The van der Waals surface area contributed by atoms with Gasteiger partial charge in [-0.25, -0.2) is 0 Å². The predicted molar refractivity (Wildman–Crippen MR) is 84.5 cm³/mol. The highest BCUT2D eigenvalue weighted by molar-refractivity contribution is 8.00. The van der Waals surface area contributed by atoms with Crippen LogP contribution < -0.4 is 0 Å². The lowest BCUT2D eigenvalue weighted by Gasteiger charge is -2.40. The number of hydrogen-bond donors (Lipinski definition) is 0. The monoisotopic (exact) mass is 264 g/mol. The largest absolute Gasteiger partial charge is 0.120 e. The molecule has 1 rings (SSSR count). The summed E-state index contributed by atoms with van der Waals surface area (Å²) in [6.07, 6.45) is 0. The molecule has 0 aliphatic carbocycles. The van der Waals surface area contributed by atoms with Gasteiger partial charge in [0, 0.05) is 9.64 Å². The Bertz CT molecular complexity index is 390. The topological polar surface area (TPSA) is 0 Å². The van der Waals surface area contributed by atoms with Crippen molar-refractivity contribution in [1.29, 1.82) is 0 Å². The van der Waals surface area contributed by atoms with E-state index in [2.05, 4.69) is 73.6 Å². The first-order valence-corrected chi connectivity index (χ1v) is 7.61.